The monoisotopic (exact) mass is 275 g/mol. The Morgan fingerprint density at radius 3 is 2.50 bits per heavy atom. The van der Waals surface area contributed by atoms with Crippen molar-refractivity contribution in [1.82, 2.24) is 5.32 Å². The van der Waals surface area contributed by atoms with Gasteiger partial charge in [-0.25, -0.2) is 9.59 Å². The molecular formula is C14H17N3O3. The summed E-state index contributed by atoms with van der Waals surface area (Å²) in [4.78, 5) is 22.8. The number of hydrogen-bond donors (Lipinski definition) is 3. The fourth-order valence-corrected chi connectivity index (χ4v) is 1.64. The van der Waals surface area contributed by atoms with Crippen LogP contribution in [0.3, 0.4) is 0 Å². The van der Waals surface area contributed by atoms with Gasteiger partial charge in [0.2, 0.25) is 0 Å². The molecule has 0 aliphatic heterocycles. The van der Waals surface area contributed by atoms with Crippen molar-refractivity contribution in [2.75, 3.05) is 5.32 Å². The second-order valence-electron chi connectivity index (χ2n) is 4.80. The Bertz CT molecular complexity index is 561. The number of aryl methyl sites for hydroxylation is 1. The third-order valence-corrected chi connectivity index (χ3v) is 2.83. The van der Waals surface area contributed by atoms with Gasteiger partial charge < -0.3 is 15.7 Å². The molecule has 6 heteroatoms. The predicted octanol–water partition coefficient (Wildman–Crippen LogP) is 2.10. The molecule has 0 heterocycles. The molecule has 0 spiro atoms. The highest BCUT2D eigenvalue weighted by Gasteiger charge is 2.23. The van der Waals surface area contributed by atoms with Crippen molar-refractivity contribution in [2.24, 2.45) is 5.92 Å². The van der Waals surface area contributed by atoms with E-state index < -0.39 is 18.0 Å². The summed E-state index contributed by atoms with van der Waals surface area (Å²) in [6.07, 6.45) is 0. The van der Waals surface area contributed by atoms with Gasteiger partial charge in [-0.05, 0) is 30.5 Å². The summed E-state index contributed by atoms with van der Waals surface area (Å²) in [5.74, 6) is -1.32. The quantitative estimate of drug-likeness (QED) is 0.783. The summed E-state index contributed by atoms with van der Waals surface area (Å²) in [6, 6.07) is 5.31. The largest absolute Gasteiger partial charge is 0.480 e. The number of carboxylic acids is 1. The molecule has 6 nitrogen and oxygen atoms in total. The molecule has 2 amide bonds. The van der Waals surface area contributed by atoms with E-state index in [2.05, 4.69) is 10.6 Å². The molecule has 0 radical (unpaired) electrons. The molecule has 3 N–H and O–H groups in total. The van der Waals surface area contributed by atoms with Gasteiger partial charge in [0.15, 0.2) is 0 Å². The average molecular weight is 275 g/mol. The van der Waals surface area contributed by atoms with Gasteiger partial charge in [0.1, 0.15) is 6.04 Å². The number of anilines is 1. The molecule has 0 aliphatic carbocycles. The Labute approximate surface area is 117 Å². The molecule has 1 aromatic rings. The van der Waals surface area contributed by atoms with E-state index in [0.29, 0.717) is 11.3 Å². The molecule has 0 unspecified atom stereocenters. The van der Waals surface area contributed by atoms with Gasteiger partial charge in [-0.2, -0.15) is 5.26 Å². The van der Waals surface area contributed by atoms with E-state index in [0.717, 1.165) is 5.56 Å². The van der Waals surface area contributed by atoms with Crippen LogP contribution in [0.1, 0.15) is 25.0 Å². The van der Waals surface area contributed by atoms with Crippen LogP contribution in [0, 0.1) is 24.2 Å². The third-order valence-electron chi connectivity index (χ3n) is 2.83. The first kappa shape index (κ1) is 15.5. The molecule has 1 aromatic carbocycles. The molecular weight excluding hydrogens is 258 g/mol. The number of rotatable bonds is 4. The number of carbonyl (C=O) groups is 2. The Morgan fingerprint density at radius 1 is 1.35 bits per heavy atom. The van der Waals surface area contributed by atoms with E-state index in [1.807, 2.05) is 6.07 Å². The van der Waals surface area contributed by atoms with E-state index in [1.165, 1.54) is 0 Å². The predicted molar refractivity (Wildman–Crippen MR) is 74.3 cm³/mol. The van der Waals surface area contributed by atoms with Gasteiger partial charge in [0.25, 0.3) is 0 Å². The number of amides is 2. The summed E-state index contributed by atoms with van der Waals surface area (Å²) in [7, 11) is 0. The fourth-order valence-electron chi connectivity index (χ4n) is 1.64. The minimum atomic E-state index is -1.09. The van der Waals surface area contributed by atoms with E-state index in [-0.39, 0.29) is 5.92 Å². The van der Waals surface area contributed by atoms with Crippen molar-refractivity contribution in [1.29, 1.82) is 5.26 Å². The SMILES string of the molecule is Cc1ccc(C#N)cc1NC(=O)N[C@@H](C(=O)O)C(C)C. The van der Waals surface area contributed by atoms with E-state index in [1.54, 1.807) is 39.0 Å². The van der Waals surface area contributed by atoms with Crippen LogP contribution in [0.25, 0.3) is 0 Å². The molecule has 106 valence electrons. The molecule has 0 fully saturated rings. The van der Waals surface area contributed by atoms with E-state index in [9.17, 15) is 9.59 Å². The third kappa shape index (κ3) is 3.99. The molecule has 0 aromatic heterocycles. The second kappa shape index (κ2) is 6.57. The maximum Gasteiger partial charge on any atom is 0.326 e. The highest BCUT2D eigenvalue weighted by molar-refractivity contribution is 5.93. The van der Waals surface area contributed by atoms with Gasteiger partial charge in [0, 0.05) is 5.69 Å². The van der Waals surface area contributed by atoms with Gasteiger partial charge in [-0.3, -0.25) is 0 Å². The number of carbonyl (C=O) groups excluding carboxylic acids is 1. The Kier molecular flexibility index (Phi) is 5.09. The van der Waals surface area contributed by atoms with E-state index >= 15 is 0 Å². The highest BCUT2D eigenvalue weighted by Crippen LogP contribution is 2.16. The van der Waals surface area contributed by atoms with Crippen molar-refractivity contribution in [2.45, 2.75) is 26.8 Å². The summed E-state index contributed by atoms with van der Waals surface area (Å²) in [6.45, 7) is 5.20. The molecule has 0 saturated carbocycles. The lowest BCUT2D eigenvalue weighted by molar-refractivity contribution is -0.140. The number of nitrogens with one attached hydrogen (secondary N) is 2. The molecule has 1 rings (SSSR count). The molecule has 0 saturated heterocycles. The zero-order chi connectivity index (χ0) is 15.3. The lowest BCUT2D eigenvalue weighted by atomic mass is 10.1. The van der Waals surface area contributed by atoms with Crippen LogP contribution >= 0.6 is 0 Å². The van der Waals surface area contributed by atoms with Crippen molar-refractivity contribution in [3.05, 3.63) is 29.3 Å². The summed E-state index contributed by atoms with van der Waals surface area (Å²) < 4.78 is 0. The lowest BCUT2D eigenvalue weighted by Crippen LogP contribution is -2.46. The van der Waals surface area contributed by atoms with Crippen molar-refractivity contribution >= 4 is 17.7 Å². The number of urea groups is 1. The second-order valence-corrected chi connectivity index (χ2v) is 4.80. The number of benzene rings is 1. The molecule has 1 atom stereocenters. The topological polar surface area (TPSA) is 102 Å². The Hall–Kier alpha value is -2.55. The van der Waals surface area contributed by atoms with Crippen LogP contribution in [0.5, 0.6) is 0 Å². The zero-order valence-electron chi connectivity index (χ0n) is 11.6. The van der Waals surface area contributed by atoms with Crippen molar-refractivity contribution in [3.63, 3.8) is 0 Å². The van der Waals surface area contributed by atoms with Crippen LogP contribution in [-0.2, 0) is 4.79 Å². The fraction of sp³-hybridized carbons (Fsp3) is 0.357. The van der Waals surface area contributed by atoms with Crippen molar-refractivity contribution in [3.8, 4) is 6.07 Å². The molecule has 20 heavy (non-hydrogen) atoms. The normalized spacial score (nSPS) is 11.6. The number of nitrogens with zero attached hydrogens (tertiary/aromatic N) is 1. The van der Waals surface area contributed by atoms with Crippen molar-refractivity contribution < 1.29 is 14.7 Å². The Morgan fingerprint density at radius 2 is 2.00 bits per heavy atom. The van der Waals surface area contributed by atoms with Gasteiger partial charge in [-0.15, -0.1) is 0 Å². The highest BCUT2D eigenvalue weighted by atomic mass is 16.4. The minimum absolute atomic E-state index is 0.232. The minimum Gasteiger partial charge on any atom is -0.480 e. The number of nitriles is 1. The number of hydrogen-bond acceptors (Lipinski definition) is 3. The van der Waals surface area contributed by atoms with Crippen LogP contribution in [0.4, 0.5) is 10.5 Å². The van der Waals surface area contributed by atoms with E-state index in [4.69, 9.17) is 10.4 Å². The van der Waals surface area contributed by atoms with Gasteiger partial charge in [0.05, 0.1) is 11.6 Å². The first-order valence-corrected chi connectivity index (χ1v) is 6.16. The zero-order valence-corrected chi connectivity index (χ0v) is 11.6. The maximum absolute atomic E-state index is 11.8. The standard InChI is InChI=1S/C14H17N3O3/c1-8(2)12(13(18)19)17-14(20)16-11-6-10(7-15)5-4-9(11)3/h4-6,8,12H,1-3H3,(H,18,19)(H2,16,17,20)/t12-/m1/s1. The van der Waals surface area contributed by atoms with Crippen LogP contribution < -0.4 is 10.6 Å². The molecule has 0 aliphatic rings. The van der Waals surface area contributed by atoms with Crippen LogP contribution in [-0.4, -0.2) is 23.1 Å². The summed E-state index contributed by atoms with van der Waals surface area (Å²) >= 11 is 0. The maximum atomic E-state index is 11.8. The summed E-state index contributed by atoms with van der Waals surface area (Å²) in [5, 5.41) is 22.8. The number of carboxylic acid groups (broad SMARTS) is 1. The smallest absolute Gasteiger partial charge is 0.326 e. The average Bonchev–Trinajstić information content (AvgIpc) is 2.37. The summed E-state index contributed by atoms with van der Waals surface area (Å²) in [5.41, 5.74) is 1.69. The van der Waals surface area contributed by atoms with Crippen LogP contribution in [0.2, 0.25) is 0 Å². The number of aliphatic carboxylic acids is 1. The van der Waals surface area contributed by atoms with Gasteiger partial charge >= 0.3 is 12.0 Å². The molecule has 0 bridgehead atoms. The van der Waals surface area contributed by atoms with Gasteiger partial charge in [-0.1, -0.05) is 19.9 Å². The lowest BCUT2D eigenvalue weighted by Gasteiger charge is -2.18. The first-order chi connectivity index (χ1) is 9.35. The Balaban J connectivity index is 2.81. The first-order valence-electron chi connectivity index (χ1n) is 6.16. The van der Waals surface area contributed by atoms with Crippen LogP contribution in [0.15, 0.2) is 18.2 Å².